The van der Waals surface area contributed by atoms with Crippen molar-refractivity contribution in [3.05, 3.63) is 41.6 Å². The van der Waals surface area contributed by atoms with Crippen molar-refractivity contribution in [2.45, 2.75) is 103 Å². The zero-order valence-corrected chi connectivity index (χ0v) is 29.6. The monoisotopic (exact) mass is 607 g/mol. The van der Waals surface area contributed by atoms with Gasteiger partial charge in [-0.2, -0.15) is 9.97 Å². The minimum Gasteiger partial charge on any atom is -0.491 e. The normalized spacial score (nSPS) is 26.5. The van der Waals surface area contributed by atoms with E-state index >= 15 is 0 Å². The van der Waals surface area contributed by atoms with E-state index in [4.69, 9.17) is 14.7 Å². The molecule has 44 heavy (non-hydrogen) atoms. The number of methoxy groups -OCH3 is 1. The molecule has 0 spiro atoms. The van der Waals surface area contributed by atoms with Gasteiger partial charge in [-0.3, -0.25) is 4.48 Å². The number of hydrogen-bond donors (Lipinski definition) is 0. The molecule has 3 atom stereocenters. The fraction of sp³-hybridized carbons (Fsp3) is 0.722. The van der Waals surface area contributed by atoms with E-state index < -0.39 is 0 Å². The topological polar surface area (TPSA) is 44.7 Å². The number of fused-ring (bicyclic) bond motifs is 1. The molecular weight excluding hydrogens is 546 g/mol. The number of anilines is 2. The van der Waals surface area contributed by atoms with Crippen LogP contribution in [0.1, 0.15) is 78.6 Å². The van der Waals surface area contributed by atoms with Crippen LogP contribution < -0.4 is 14.3 Å². The number of rotatable bonds is 8. The fourth-order valence-electron chi connectivity index (χ4n) is 8.57. The summed E-state index contributed by atoms with van der Waals surface area (Å²) in [6.07, 6.45) is 14.9. The number of aromatic nitrogens is 2. The smallest absolute Gasteiger partial charge is 0.335 e. The summed E-state index contributed by atoms with van der Waals surface area (Å²) in [5, 5.41) is 0. The second kappa shape index (κ2) is 12.8. The third-order valence-corrected chi connectivity index (χ3v) is 12.1. The molecular formula is C36H61N7O+2. The van der Waals surface area contributed by atoms with E-state index in [-0.39, 0.29) is 0 Å². The number of likely N-dealkylation sites (tertiary alicyclic amines) is 1. The fourth-order valence-corrected chi connectivity index (χ4v) is 8.57. The number of ether oxygens (including phenoxy) is 1. The Morgan fingerprint density at radius 2 is 1.68 bits per heavy atom. The Morgan fingerprint density at radius 3 is 2.30 bits per heavy atom. The largest absolute Gasteiger partial charge is 0.491 e. The van der Waals surface area contributed by atoms with Crippen LogP contribution in [0.5, 0.6) is 0 Å². The summed E-state index contributed by atoms with van der Waals surface area (Å²) in [5.74, 6) is 3.41. The minimum absolute atomic E-state index is 0.414. The third-order valence-electron chi connectivity index (χ3n) is 12.1. The first-order valence-electron chi connectivity index (χ1n) is 17.3. The first-order chi connectivity index (χ1) is 20.8. The van der Waals surface area contributed by atoms with Crippen LogP contribution in [0.3, 0.4) is 0 Å². The number of nitrogens with zero attached hydrogens (tertiary/aromatic N) is 7. The molecule has 1 aromatic heterocycles. The number of allylic oxidation sites excluding steroid dienone is 3. The van der Waals surface area contributed by atoms with Gasteiger partial charge in [-0.1, -0.05) is 26.7 Å². The van der Waals surface area contributed by atoms with Crippen LogP contribution in [0.25, 0.3) is 0 Å². The van der Waals surface area contributed by atoms with Crippen LogP contribution in [0.4, 0.5) is 17.5 Å². The second-order valence-corrected chi connectivity index (χ2v) is 15.1. The molecule has 3 heterocycles. The molecule has 2 aliphatic carbocycles. The molecule has 8 nitrogen and oxygen atoms in total. The van der Waals surface area contributed by atoms with Gasteiger partial charge in [0.15, 0.2) is 17.3 Å². The number of hydrogen-bond acceptors (Lipinski definition) is 6. The summed E-state index contributed by atoms with van der Waals surface area (Å²) in [4.78, 5) is 18.2. The summed E-state index contributed by atoms with van der Waals surface area (Å²) in [6.45, 7) is 14.1. The van der Waals surface area contributed by atoms with Gasteiger partial charge in [-0.05, 0) is 58.2 Å². The number of likely N-dealkylation sites (N-methyl/N-ethyl adjacent to an activating group) is 1. The Bertz CT molecular complexity index is 1270. The zero-order valence-electron chi connectivity index (χ0n) is 29.6. The summed E-state index contributed by atoms with van der Waals surface area (Å²) < 4.78 is 7.46. The van der Waals surface area contributed by atoms with Crippen molar-refractivity contribution in [2.75, 3.05) is 72.3 Å². The summed E-state index contributed by atoms with van der Waals surface area (Å²) >= 11 is 0. The molecule has 8 heteroatoms. The standard InChI is InChI=1S/C36H61N7O/c1-12-31-25(2)26(3)40(6)32-24-37-36(38-35(32)41(31)29-15-13-14-16-29)43(9,10)33-18-17-28(23-34(33)44-11)27(4)42(7,8)30-19-21-39(5)22-20-30/h23-26,29-31H,4,12-22H2,1-3,5-11H3/q+2/t25?,26?,31-/m0/s1. The predicted molar refractivity (Wildman–Crippen MR) is 185 cm³/mol. The van der Waals surface area contributed by atoms with E-state index in [1.807, 2.05) is 0 Å². The molecule has 0 aromatic carbocycles. The summed E-state index contributed by atoms with van der Waals surface area (Å²) in [7, 11) is 15.4. The Labute approximate surface area is 268 Å². The summed E-state index contributed by atoms with van der Waals surface area (Å²) in [6, 6.07) is 2.01. The first-order valence-corrected chi connectivity index (χ1v) is 17.3. The highest BCUT2D eigenvalue weighted by Crippen LogP contribution is 2.44. The van der Waals surface area contributed by atoms with E-state index in [1.54, 1.807) is 7.11 Å². The van der Waals surface area contributed by atoms with Gasteiger partial charge in [-0.25, -0.2) is 4.48 Å². The van der Waals surface area contributed by atoms with Crippen molar-refractivity contribution in [1.29, 1.82) is 0 Å². The van der Waals surface area contributed by atoms with Crippen LogP contribution >= 0.6 is 0 Å². The van der Waals surface area contributed by atoms with Gasteiger partial charge in [0.05, 0.1) is 53.2 Å². The maximum Gasteiger partial charge on any atom is 0.335 e. The van der Waals surface area contributed by atoms with Crippen LogP contribution in [-0.4, -0.2) is 106 Å². The van der Waals surface area contributed by atoms with Gasteiger partial charge in [0.2, 0.25) is 0 Å². The average Bonchev–Trinajstić information content (AvgIpc) is 3.54. The van der Waals surface area contributed by atoms with Crippen molar-refractivity contribution in [3.63, 3.8) is 0 Å². The van der Waals surface area contributed by atoms with Gasteiger partial charge in [0.25, 0.3) is 0 Å². The molecule has 0 N–H and O–H groups in total. The molecule has 2 aliphatic heterocycles. The average molecular weight is 608 g/mol. The number of piperidine rings is 1. The van der Waals surface area contributed by atoms with Gasteiger partial charge >= 0.3 is 5.95 Å². The van der Waals surface area contributed by atoms with E-state index in [0.717, 1.165) is 60.0 Å². The summed E-state index contributed by atoms with van der Waals surface area (Å²) in [5.41, 5.74) is 4.90. The van der Waals surface area contributed by atoms with Crippen LogP contribution in [0, 0.1) is 5.92 Å². The zero-order chi connectivity index (χ0) is 32.0. The Kier molecular flexibility index (Phi) is 9.56. The molecule has 1 saturated heterocycles. The van der Waals surface area contributed by atoms with E-state index in [0.29, 0.717) is 34.6 Å². The Hall–Kier alpha value is -2.42. The molecule has 1 aromatic rings. The van der Waals surface area contributed by atoms with Gasteiger partial charge < -0.3 is 19.4 Å². The molecule has 2 fully saturated rings. The second-order valence-electron chi connectivity index (χ2n) is 15.1. The van der Waals surface area contributed by atoms with Crippen molar-refractivity contribution < 1.29 is 9.22 Å². The molecule has 244 valence electrons. The van der Waals surface area contributed by atoms with Crippen molar-refractivity contribution >= 4 is 17.5 Å². The first kappa shape index (κ1) is 33.0. The lowest BCUT2D eigenvalue weighted by atomic mass is 9.90. The SMILES string of the molecule is C=C(C1=CC(OC)=C([N+](C)(C)c2ncc3c(n2)N(C2CCCC2)[C@@H](CC)C(C)C(C)N3C)CC1)[N+](C)(C)C1CCN(C)CC1. The lowest BCUT2D eigenvalue weighted by molar-refractivity contribution is -0.877. The molecule has 0 radical (unpaired) electrons. The van der Waals surface area contributed by atoms with Crippen LogP contribution in [-0.2, 0) is 4.74 Å². The highest BCUT2D eigenvalue weighted by Gasteiger charge is 2.43. The van der Waals surface area contributed by atoms with Gasteiger partial charge in [-0.15, -0.1) is 0 Å². The highest BCUT2D eigenvalue weighted by atomic mass is 16.5. The van der Waals surface area contributed by atoms with E-state index in [1.165, 1.54) is 55.5 Å². The van der Waals surface area contributed by atoms with Crippen molar-refractivity contribution in [2.24, 2.45) is 5.92 Å². The quantitative estimate of drug-likeness (QED) is 0.323. The molecule has 4 aliphatic rings. The van der Waals surface area contributed by atoms with Gasteiger partial charge in [0.1, 0.15) is 5.70 Å². The molecule has 5 rings (SSSR count). The molecule has 2 unspecified atom stereocenters. The van der Waals surface area contributed by atoms with E-state index in [2.05, 4.69) is 96.6 Å². The Morgan fingerprint density at radius 1 is 1.02 bits per heavy atom. The number of quaternary nitrogens is 2. The van der Waals surface area contributed by atoms with Crippen molar-refractivity contribution in [1.82, 2.24) is 19.4 Å². The molecule has 1 saturated carbocycles. The van der Waals surface area contributed by atoms with Gasteiger partial charge in [0, 0.05) is 63.1 Å². The van der Waals surface area contributed by atoms with Crippen LogP contribution in [0.15, 0.2) is 41.6 Å². The lowest BCUT2D eigenvalue weighted by Crippen LogP contribution is -2.52. The lowest BCUT2D eigenvalue weighted by Gasteiger charge is -2.43. The molecule has 0 bridgehead atoms. The Balaban J connectivity index is 1.51. The van der Waals surface area contributed by atoms with Crippen LogP contribution in [0.2, 0.25) is 0 Å². The molecule has 0 amide bonds. The maximum atomic E-state index is 6.14. The minimum atomic E-state index is 0.414. The van der Waals surface area contributed by atoms with E-state index in [9.17, 15) is 0 Å². The van der Waals surface area contributed by atoms with Crippen molar-refractivity contribution in [3.8, 4) is 0 Å². The highest BCUT2D eigenvalue weighted by molar-refractivity contribution is 5.70. The third kappa shape index (κ3) is 5.82. The maximum absolute atomic E-state index is 6.14. The predicted octanol–water partition coefficient (Wildman–Crippen LogP) is 6.31.